The minimum atomic E-state index is -0.106. The molecule has 0 aliphatic carbocycles. The Morgan fingerprint density at radius 3 is 2.71 bits per heavy atom. The largest absolute Gasteiger partial charge is 0.399 e. The van der Waals surface area contributed by atoms with E-state index in [0.29, 0.717) is 6.54 Å². The fourth-order valence-electron chi connectivity index (χ4n) is 1.84. The number of carbonyl (C=O) groups excluding carboxylic acids is 1. The quantitative estimate of drug-likeness (QED) is 0.636. The third kappa shape index (κ3) is 4.79. The van der Waals surface area contributed by atoms with Gasteiger partial charge in [-0.25, -0.2) is 0 Å². The second-order valence-corrected chi connectivity index (χ2v) is 5.94. The number of aromatic nitrogens is 1. The Morgan fingerprint density at radius 2 is 2.10 bits per heavy atom. The standard InChI is InChI=1S/C16H19N3OS/c1-2-15(21-14-7-5-13(17)6-8-14)16(20)19-11-12-4-3-9-18-10-12/h3-10,15H,2,11,17H2,1H3,(H,19,20). The first kappa shape index (κ1) is 15.4. The topological polar surface area (TPSA) is 68.0 Å². The molecule has 1 aromatic heterocycles. The molecule has 1 heterocycles. The molecule has 110 valence electrons. The smallest absolute Gasteiger partial charge is 0.233 e. The van der Waals surface area contributed by atoms with Gasteiger partial charge in [0.15, 0.2) is 0 Å². The molecule has 2 rings (SSSR count). The van der Waals surface area contributed by atoms with Gasteiger partial charge < -0.3 is 11.1 Å². The lowest BCUT2D eigenvalue weighted by atomic mass is 10.2. The Morgan fingerprint density at radius 1 is 1.33 bits per heavy atom. The molecule has 0 aliphatic rings. The van der Waals surface area contributed by atoms with E-state index in [-0.39, 0.29) is 11.2 Å². The van der Waals surface area contributed by atoms with Gasteiger partial charge in [-0.2, -0.15) is 0 Å². The van der Waals surface area contributed by atoms with Crippen molar-refractivity contribution < 1.29 is 4.79 Å². The average Bonchev–Trinajstić information content (AvgIpc) is 2.53. The van der Waals surface area contributed by atoms with Crippen LogP contribution in [0.25, 0.3) is 0 Å². The van der Waals surface area contributed by atoms with Crippen molar-refractivity contribution in [2.75, 3.05) is 5.73 Å². The number of amides is 1. The number of hydrogen-bond donors (Lipinski definition) is 2. The Bertz CT molecular complexity index is 572. The van der Waals surface area contributed by atoms with E-state index in [0.717, 1.165) is 22.6 Å². The van der Waals surface area contributed by atoms with Crippen molar-refractivity contribution in [3.63, 3.8) is 0 Å². The second kappa shape index (κ2) is 7.69. The molecule has 1 aromatic carbocycles. The summed E-state index contributed by atoms with van der Waals surface area (Å²) in [6, 6.07) is 11.4. The van der Waals surface area contributed by atoms with Crippen LogP contribution in [0.15, 0.2) is 53.7 Å². The summed E-state index contributed by atoms with van der Waals surface area (Å²) in [5, 5.41) is 2.85. The molecule has 2 aromatic rings. The lowest BCUT2D eigenvalue weighted by Gasteiger charge is -2.14. The van der Waals surface area contributed by atoms with Crippen molar-refractivity contribution in [1.29, 1.82) is 0 Å². The molecule has 3 N–H and O–H groups in total. The SMILES string of the molecule is CCC(Sc1ccc(N)cc1)C(=O)NCc1cccnc1. The summed E-state index contributed by atoms with van der Waals surface area (Å²) in [7, 11) is 0. The van der Waals surface area contributed by atoms with E-state index in [1.807, 2.05) is 43.3 Å². The molecule has 0 saturated carbocycles. The van der Waals surface area contributed by atoms with E-state index >= 15 is 0 Å². The van der Waals surface area contributed by atoms with Crippen LogP contribution in [0.4, 0.5) is 5.69 Å². The molecule has 0 spiro atoms. The highest BCUT2D eigenvalue weighted by Gasteiger charge is 2.17. The summed E-state index contributed by atoms with van der Waals surface area (Å²) in [6.45, 7) is 2.52. The van der Waals surface area contributed by atoms with E-state index in [1.165, 1.54) is 0 Å². The fourth-order valence-corrected chi connectivity index (χ4v) is 2.82. The van der Waals surface area contributed by atoms with Crippen molar-refractivity contribution in [1.82, 2.24) is 10.3 Å². The Balaban J connectivity index is 1.90. The van der Waals surface area contributed by atoms with Gasteiger partial charge in [0.2, 0.25) is 5.91 Å². The third-order valence-corrected chi connectivity index (χ3v) is 4.39. The zero-order valence-electron chi connectivity index (χ0n) is 12.0. The van der Waals surface area contributed by atoms with Crippen LogP contribution in [-0.2, 0) is 11.3 Å². The van der Waals surface area contributed by atoms with Crippen LogP contribution >= 0.6 is 11.8 Å². The zero-order chi connectivity index (χ0) is 15.1. The first-order chi connectivity index (χ1) is 10.2. The van der Waals surface area contributed by atoms with Gasteiger partial charge in [-0.1, -0.05) is 13.0 Å². The number of nitrogens with one attached hydrogen (secondary N) is 1. The summed E-state index contributed by atoms with van der Waals surface area (Å²) in [6.07, 6.45) is 4.25. The number of benzene rings is 1. The molecule has 21 heavy (non-hydrogen) atoms. The maximum atomic E-state index is 12.2. The Kier molecular flexibility index (Phi) is 5.63. The molecule has 0 saturated heterocycles. The molecule has 5 heteroatoms. The van der Waals surface area contributed by atoms with Gasteiger partial charge in [0.25, 0.3) is 0 Å². The van der Waals surface area contributed by atoms with Crippen LogP contribution in [0.5, 0.6) is 0 Å². The highest BCUT2D eigenvalue weighted by molar-refractivity contribution is 8.00. The molecule has 0 radical (unpaired) electrons. The average molecular weight is 301 g/mol. The van der Waals surface area contributed by atoms with E-state index in [2.05, 4.69) is 10.3 Å². The predicted octanol–water partition coefficient (Wildman–Crippen LogP) is 2.85. The molecule has 1 atom stereocenters. The van der Waals surface area contributed by atoms with Crippen LogP contribution in [0, 0.1) is 0 Å². The van der Waals surface area contributed by atoms with E-state index in [1.54, 1.807) is 24.2 Å². The van der Waals surface area contributed by atoms with Gasteiger partial charge in [-0.3, -0.25) is 9.78 Å². The number of hydrogen-bond acceptors (Lipinski definition) is 4. The van der Waals surface area contributed by atoms with Crippen molar-refractivity contribution in [2.45, 2.75) is 30.0 Å². The first-order valence-corrected chi connectivity index (χ1v) is 7.76. The van der Waals surface area contributed by atoms with Gasteiger partial charge in [0, 0.05) is 29.5 Å². The summed E-state index contributed by atoms with van der Waals surface area (Å²) in [5.41, 5.74) is 7.40. The van der Waals surface area contributed by atoms with Crippen molar-refractivity contribution in [3.8, 4) is 0 Å². The second-order valence-electron chi connectivity index (χ2n) is 4.66. The summed E-state index contributed by atoms with van der Waals surface area (Å²) in [5.74, 6) is 0.0446. The number of pyridine rings is 1. The lowest BCUT2D eigenvalue weighted by Crippen LogP contribution is -2.31. The molecule has 0 aliphatic heterocycles. The number of anilines is 1. The Labute approximate surface area is 129 Å². The minimum Gasteiger partial charge on any atom is -0.399 e. The predicted molar refractivity (Wildman–Crippen MR) is 86.9 cm³/mol. The molecule has 0 fully saturated rings. The highest BCUT2D eigenvalue weighted by Crippen LogP contribution is 2.26. The number of nitrogens with zero attached hydrogens (tertiary/aromatic N) is 1. The maximum absolute atomic E-state index is 12.2. The molecule has 4 nitrogen and oxygen atoms in total. The van der Waals surface area contributed by atoms with Crippen LogP contribution in [0.3, 0.4) is 0 Å². The first-order valence-electron chi connectivity index (χ1n) is 6.88. The van der Waals surface area contributed by atoms with Crippen molar-refractivity contribution in [3.05, 3.63) is 54.4 Å². The van der Waals surface area contributed by atoms with Crippen LogP contribution in [0.1, 0.15) is 18.9 Å². The molecule has 0 bridgehead atoms. The number of rotatable bonds is 6. The van der Waals surface area contributed by atoms with Gasteiger partial charge in [0.05, 0.1) is 5.25 Å². The highest BCUT2D eigenvalue weighted by atomic mass is 32.2. The van der Waals surface area contributed by atoms with E-state index < -0.39 is 0 Å². The summed E-state index contributed by atoms with van der Waals surface area (Å²) < 4.78 is 0. The van der Waals surface area contributed by atoms with Gasteiger partial charge in [0.1, 0.15) is 0 Å². The summed E-state index contributed by atoms with van der Waals surface area (Å²) >= 11 is 1.56. The van der Waals surface area contributed by atoms with Crippen molar-refractivity contribution >= 4 is 23.4 Å². The number of thioether (sulfide) groups is 1. The lowest BCUT2D eigenvalue weighted by molar-refractivity contribution is -0.120. The molecular formula is C16H19N3OS. The normalized spacial score (nSPS) is 11.9. The van der Waals surface area contributed by atoms with Gasteiger partial charge >= 0.3 is 0 Å². The maximum Gasteiger partial charge on any atom is 0.233 e. The van der Waals surface area contributed by atoms with Crippen LogP contribution < -0.4 is 11.1 Å². The van der Waals surface area contributed by atoms with Crippen LogP contribution in [-0.4, -0.2) is 16.1 Å². The zero-order valence-corrected chi connectivity index (χ0v) is 12.8. The van der Waals surface area contributed by atoms with Gasteiger partial charge in [-0.15, -0.1) is 11.8 Å². The molecular weight excluding hydrogens is 282 g/mol. The van der Waals surface area contributed by atoms with Gasteiger partial charge in [-0.05, 0) is 42.3 Å². The fraction of sp³-hybridized carbons (Fsp3) is 0.250. The number of nitrogen functional groups attached to an aromatic ring is 1. The van der Waals surface area contributed by atoms with Crippen LogP contribution in [0.2, 0.25) is 0 Å². The molecule has 1 amide bonds. The molecule has 1 unspecified atom stereocenters. The monoisotopic (exact) mass is 301 g/mol. The number of carbonyl (C=O) groups is 1. The summed E-state index contributed by atoms with van der Waals surface area (Å²) in [4.78, 5) is 17.3. The Hall–Kier alpha value is -2.01. The third-order valence-electron chi connectivity index (χ3n) is 3.01. The van der Waals surface area contributed by atoms with E-state index in [4.69, 9.17) is 5.73 Å². The van der Waals surface area contributed by atoms with Crippen molar-refractivity contribution in [2.24, 2.45) is 0 Å². The van der Waals surface area contributed by atoms with E-state index in [9.17, 15) is 4.79 Å². The number of nitrogens with two attached hydrogens (primary N) is 1. The minimum absolute atomic E-state index is 0.0446.